The summed E-state index contributed by atoms with van der Waals surface area (Å²) in [4.78, 5) is 12.8. The van der Waals surface area contributed by atoms with Crippen LogP contribution >= 0.6 is 0 Å². The van der Waals surface area contributed by atoms with Crippen LogP contribution in [0.1, 0.15) is 57.6 Å². The molecular weight excluding hydrogens is 344 g/mol. The molecular formula is C26H32O2. The van der Waals surface area contributed by atoms with E-state index in [1.807, 2.05) is 19.1 Å². The Balaban J connectivity index is 2.72. The Bertz CT molecular complexity index is 749. The van der Waals surface area contributed by atoms with Crippen LogP contribution in [0.4, 0.5) is 0 Å². The predicted molar refractivity (Wildman–Crippen MR) is 116 cm³/mol. The lowest BCUT2D eigenvalue weighted by molar-refractivity contribution is -0.152. The summed E-state index contributed by atoms with van der Waals surface area (Å²) < 4.78 is 5.18. The lowest BCUT2D eigenvalue weighted by Gasteiger charge is -2.42. The van der Waals surface area contributed by atoms with Gasteiger partial charge in [-0.05, 0) is 36.8 Å². The average Bonchev–Trinajstić information content (AvgIpc) is 2.73. The van der Waals surface area contributed by atoms with Crippen LogP contribution < -0.4 is 0 Å². The van der Waals surface area contributed by atoms with Crippen molar-refractivity contribution < 1.29 is 9.53 Å². The Morgan fingerprint density at radius 3 is 1.96 bits per heavy atom. The fourth-order valence-electron chi connectivity index (χ4n) is 4.28. The molecule has 2 heteroatoms. The third-order valence-corrected chi connectivity index (χ3v) is 5.91. The zero-order valence-corrected chi connectivity index (χ0v) is 17.6. The first-order valence-electron chi connectivity index (χ1n) is 10.0. The van der Waals surface area contributed by atoms with E-state index in [9.17, 15) is 4.79 Å². The Labute approximate surface area is 170 Å². The highest BCUT2D eigenvalue weighted by Gasteiger charge is 2.45. The molecule has 148 valence electrons. The predicted octanol–water partition coefficient (Wildman–Crippen LogP) is 6.00. The van der Waals surface area contributed by atoms with Gasteiger partial charge in [0.1, 0.15) is 0 Å². The number of hydrogen-bond acceptors (Lipinski definition) is 2. The normalized spacial score (nSPS) is 14.5. The highest BCUT2D eigenvalue weighted by Crippen LogP contribution is 2.48. The molecule has 0 aromatic heterocycles. The molecule has 2 aromatic rings. The first-order valence-corrected chi connectivity index (χ1v) is 10.0. The molecule has 0 aliphatic heterocycles. The number of esters is 1. The SMILES string of the molecule is C#CCC(C)(CC(CC(C)CC)(c1ccccc1)c1ccccc1)C(=O)OC. The van der Waals surface area contributed by atoms with Crippen LogP contribution in [0.2, 0.25) is 0 Å². The van der Waals surface area contributed by atoms with E-state index in [0.29, 0.717) is 18.8 Å². The van der Waals surface area contributed by atoms with Gasteiger partial charge in [0, 0.05) is 11.8 Å². The van der Waals surface area contributed by atoms with Crippen LogP contribution in [0.25, 0.3) is 0 Å². The Hall–Kier alpha value is -2.53. The van der Waals surface area contributed by atoms with E-state index in [-0.39, 0.29) is 11.4 Å². The maximum absolute atomic E-state index is 12.8. The molecule has 0 bridgehead atoms. The first kappa shape index (κ1) is 21.8. The molecule has 0 spiro atoms. The van der Waals surface area contributed by atoms with Gasteiger partial charge in [-0.1, -0.05) is 80.9 Å². The Morgan fingerprint density at radius 1 is 1.07 bits per heavy atom. The van der Waals surface area contributed by atoms with Gasteiger partial charge in [-0.25, -0.2) is 0 Å². The second-order valence-electron chi connectivity index (χ2n) is 8.14. The highest BCUT2D eigenvalue weighted by molar-refractivity contribution is 5.77. The lowest BCUT2D eigenvalue weighted by Crippen LogP contribution is -2.40. The minimum atomic E-state index is -0.761. The van der Waals surface area contributed by atoms with E-state index >= 15 is 0 Å². The Morgan fingerprint density at radius 2 is 1.57 bits per heavy atom. The standard InChI is InChI=1S/C26H32O2/c1-6-18-25(4,24(27)28-5)20-26(19-21(3)7-2,22-14-10-8-11-15-22)23-16-12-9-13-17-23/h1,8-17,21H,7,18-20H2,2-5H3. The number of benzene rings is 2. The second-order valence-corrected chi connectivity index (χ2v) is 8.14. The Kier molecular flexibility index (Phi) is 7.46. The van der Waals surface area contributed by atoms with Gasteiger partial charge in [0.2, 0.25) is 0 Å². The molecule has 0 heterocycles. The van der Waals surface area contributed by atoms with Crippen molar-refractivity contribution in [1.29, 1.82) is 0 Å². The minimum absolute atomic E-state index is 0.245. The van der Waals surface area contributed by atoms with Crippen LogP contribution in [-0.4, -0.2) is 13.1 Å². The summed E-state index contributed by atoms with van der Waals surface area (Å²) in [6, 6.07) is 21.0. The number of carbonyl (C=O) groups excluding carboxylic acids is 1. The van der Waals surface area contributed by atoms with Gasteiger partial charge in [0.05, 0.1) is 12.5 Å². The van der Waals surface area contributed by atoms with Crippen LogP contribution in [-0.2, 0) is 14.9 Å². The maximum atomic E-state index is 12.8. The molecule has 0 amide bonds. The summed E-state index contributed by atoms with van der Waals surface area (Å²) in [5, 5.41) is 0. The molecule has 0 fully saturated rings. The highest BCUT2D eigenvalue weighted by atomic mass is 16.5. The van der Waals surface area contributed by atoms with E-state index in [1.54, 1.807) is 0 Å². The van der Waals surface area contributed by atoms with Crippen molar-refractivity contribution in [2.24, 2.45) is 11.3 Å². The van der Waals surface area contributed by atoms with Crippen molar-refractivity contribution in [3.8, 4) is 12.3 Å². The zero-order chi connectivity index (χ0) is 20.6. The molecule has 2 aromatic carbocycles. The van der Waals surface area contributed by atoms with E-state index in [0.717, 1.165) is 12.8 Å². The molecule has 0 aliphatic rings. The molecule has 0 aliphatic carbocycles. The van der Waals surface area contributed by atoms with Gasteiger partial charge in [-0.2, -0.15) is 0 Å². The van der Waals surface area contributed by atoms with Crippen molar-refractivity contribution in [1.82, 2.24) is 0 Å². The molecule has 0 radical (unpaired) electrons. The van der Waals surface area contributed by atoms with E-state index in [1.165, 1.54) is 18.2 Å². The fourth-order valence-corrected chi connectivity index (χ4v) is 4.28. The van der Waals surface area contributed by atoms with Gasteiger partial charge in [-0.3, -0.25) is 4.79 Å². The quantitative estimate of drug-likeness (QED) is 0.396. The van der Waals surface area contributed by atoms with Gasteiger partial charge >= 0.3 is 5.97 Å². The van der Waals surface area contributed by atoms with E-state index in [4.69, 9.17) is 11.2 Å². The van der Waals surface area contributed by atoms with Crippen LogP contribution in [0, 0.1) is 23.7 Å². The summed E-state index contributed by atoms with van der Waals surface area (Å²) in [7, 11) is 1.44. The average molecular weight is 377 g/mol. The summed E-state index contributed by atoms with van der Waals surface area (Å²) in [5.74, 6) is 2.96. The van der Waals surface area contributed by atoms with Gasteiger partial charge < -0.3 is 4.74 Å². The summed E-state index contributed by atoms with van der Waals surface area (Å²) >= 11 is 0. The summed E-state index contributed by atoms with van der Waals surface area (Å²) in [6.07, 6.45) is 8.64. The lowest BCUT2D eigenvalue weighted by atomic mass is 9.60. The van der Waals surface area contributed by atoms with Crippen molar-refractivity contribution in [3.63, 3.8) is 0 Å². The van der Waals surface area contributed by atoms with Crippen molar-refractivity contribution in [3.05, 3.63) is 71.8 Å². The third kappa shape index (κ3) is 4.65. The molecule has 0 saturated carbocycles. The summed E-state index contributed by atoms with van der Waals surface area (Å²) in [5.41, 5.74) is 1.35. The summed E-state index contributed by atoms with van der Waals surface area (Å²) in [6.45, 7) is 6.43. The van der Waals surface area contributed by atoms with Crippen molar-refractivity contribution >= 4 is 5.97 Å². The number of carbonyl (C=O) groups is 1. The largest absolute Gasteiger partial charge is 0.469 e. The molecule has 2 unspecified atom stereocenters. The van der Waals surface area contributed by atoms with Crippen LogP contribution in [0.5, 0.6) is 0 Å². The zero-order valence-electron chi connectivity index (χ0n) is 17.6. The first-order chi connectivity index (χ1) is 13.4. The minimum Gasteiger partial charge on any atom is -0.469 e. The fraction of sp³-hybridized carbons (Fsp3) is 0.423. The van der Waals surface area contributed by atoms with E-state index < -0.39 is 5.41 Å². The monoisotopic (exact) mass is 376 g/mol. The van der Waals surface area contributed by atoms with Crippen LogP contribution in [0.15, 0.2) is 60.7 Å². The molecule has 2 nitrogen and oxygen atoms in total. The molecule has 0 saturated heterocycles. The molecule has 28 heavy (non-hydrogen) atoms. The van der Waals surface area contributed by atoms with E-state index in [2.05, 4.69) is 68.3 Å². The van der Waals surface area contributed by atoms with Gasteiger partial charge in [0.25, 0.3) is 0 Å². The number of methoxy groups -OCH3 is 1. The third-order valence-electron chi connectivity index (χ3n) is 5.91. The number of terminal acetylenes is 1. The molecule has 2 rings (SSSR count). The number of rotatable bonds is 9. The molecule has 2 atom stereocenters. The van der Waals surface area contributed by atoms with Crippen LogP contribution in [0.3, 0.4) is 0 Å². The van der Waals surface area contributed by atoms with Gasteiger partial charge in [0.15, 0.2) is 0 Å². The molecule has 0 N–H and O–H groups in total. The maximum Gasteiger partial charge on any atom is 0.312 e. The van der Waals surface area contributed by atoms with Crippen molar-refractivity contribution in [2.75, 3.05) is 7.11 Å². The topological polar surface area (TPSA) is 26.3 Å². The number of ether oxygens (including phenoxy) is 1. The van der Waals surface area contributed by atoms with Gasteiger partial charge in [-0.15, -0.1) is 12.3 Å². The number of hydrogen-bond donors (Lipinski definition) is 0. The smallest absolute Gasteiger partial charge is 0.312 e. The second kappa shape index (κ2) is 9.60. The van der Waals surface area contributed by atoms with Crippen molar-refractivity contribution in [2.45, 2.75) is 51.9 Å².